The van der Waals surface area contributed by atoms with Gasteiger partial charge >= 0.3 is 0 Å². The summed E-state index contributed by atoms with van der Waals surface area (Å²) in [6.07, 6.45) is 0. The van der Waals surface area contributed by atoms with Crippen LogP contribution >= 0.6 is 11.8 Å². The first kappa shape index (κ1) is 17.7. The van der Waals surface area contributed by atoms with Crippen molar-refractivity contribution in [3.8, 4) is 11.4 Å². The van der Waals surface area contributed by atoms with Crippen LogP contribution in [0.25, 0.3) is 5.69 Å². The first-order valence-corrected chi connectivity index (χ1v) is 10.1. The largest absolute Gasteiger partial charge is 0.493 e. The lowest BCUT2D eigenvalue weighted by Gasteiger charge is -2.14. The first-order valence-electron chi connectivity index (χ1n) is 8.96. The van der Waals surface area contributed by atoms with Gasteiger partial charge in [-0.2, -0.15) is 16.9 Å². The molecule has 1 amide bonds. The second kappa shape index (κ2) is 7.48. The summed E-state index contributed by atoms with van der Waals surface area (Å²) in [6.45, 7) is 4.47. The molecule has 138 valence electrons. The molecule has 0 bridgehead atoms. The van der Waals surface area contributed by atoms with Gasteiger partial charge < -0.3 is 10.1 Å². The zero-order valence-electron chi connectivity index (χ0n) is 15.4. The third-order valence-electron chi connectivity index (χ3n) is 4.56. The normalized spacial score (nSPS) is 12.7. The molecule has 4 rings (SSSR count). The van der Waals surface area contributed by atoms with Crippen molar-refractivity contribution in [2.75, 3.05) is 11.9 Å². The second-order valence-electron chi connectivity index (χ2n) is 6.35. The maximum Gasteiger partial charge on any atom is 0.260 e. The average Bonchev–Trinajstić information content (AvgIpc) is 3.25. The van der Waals surface area contributed by atoms with Crippen LogP contribution in [0.4, 0.5) is 5.82 Å². The minimum Gasteiger partial charge on any atom is -0.493 e. The zero-order valence-corrected chi connectivity index (χ0v) is 16.2. The van der Waals surface area contributed by atoms with Crippen molar-refractivity contribution in [3.05, 3.63) is 70.9 Å². The molecule has 0 radical (unpaired) electrons. The molecule has 1 aromatic heterocycles. The van der Waals surface area contributed by atoms with Gasteiger partial charge in [0.05, 0.1) is 23.6 Å². The molecule has 0 aliphatic carbocycles. The molecule has 1 N–H and O–H groups in total. The van der Waals surface area contributed by atoms with Gasteiger partial charge in [0.15, 0.2) is 0 Å². The molecular weight excluding hydrogens is 358 g/mol. The fraction of sp³-hybridized carbons (Fsp3) is 0.238. The maximum atomic E-state index is 13.0. The van der Waals surface area contributed by atoms with Gasteiger partial charge in [-0.15, -0.1) is 0 Å². The van der Waals surface area contributed by atoms with Crippen molar-refractivity contribution in [1.82, 2.24) is 9.78 Å². The minimum absolute atomic E-state index is 0.187. The second-order valence-corrected chi connectivity index (χ2v) is 7.33. The van der Waals surface area contributed by atoms with E-state index in [-0.39, 0.29) is 5.91 Å². The number of fused-ring (bicyclic) bond motifs is 1. The van der Waals surface area contributed by atoms with Gasteiger partial charge in [-0.05, 0) is 37.6 Å². The summed E-state index contributed by atoms with van der Waals surface area (Å²) >= 11 is 1.81. The topological polar surface area (TPSA) is 56.1 Å². The fourth-order valence-corrected chi connectivity index (χ4v) is 4.26. The standard InChI is InChI=1S/C21H21N3O2S/c1-3-26-19-11-7-5-9-15(19)21(25)22-20-16-12-27-13-17(16)23-24(20)18-10-6-4-8-14(18)2/h4-11H,3,12-13H2,1-2H3,(H,22,25). The number of amides is 1. The van der Waals surface area contributed by atoms with Crippen LogP contribution in [0.5, 0.6) is 5.75 Å². The smallest absolute Gasteiger partial charge is 0.260 e. The fourth-order valence-electron chi connectivity index (χ4n) is 3.23. The predicted octanol–water partition coefficient (Wildman–Crippen LogP) is 4.58. The lowest BCUT2D eigenvalue weighted by Crippen LogP contribution is -2.17. The highest BCUT2D eigenvalue weighted by Gasteiger charge is 2.26. The van der Waals surface area contributed by atoms with Crippen molar-refractivity contribution in [2.45, 2.75) is 25.4 Å². The van der Waals surface area contributed by atoms with E-state index in [1.54, 1.807) is 6.07 Å². The SMILES string of the molecule is CCOc1ccccc1C(=O)Nc1c2c(nn1-c1ccccc1C)CSC2. The molecule has 0 unspecified atom stereocenters. The summed E-state index contributed by atoms with van der Waals surface area (Å²) in [5, 5.41) is 7.88. The van der Waals surface area contributed by atoms with Gasteiger partial charge in [-0.25, -0.2) is 4.68 Å². The number of anilines is 1. The molecule has 27 heavy (non-hydrogen) atoms. The molecule has 0 saturated carbocycles. The van der Waals surface area contributed by atoms with Crippen LogP contribution in [0.15, 0.2) is 48.5 Å². The number of para-hydroxylation sites is 2. The monoisotopic (exact) mass is 379 g/mol. The summed E-state index contributed by atoms with van der Waals surface area (Å²) in [5.74, 6) is 2.87. The third-order valence-corrected chi connectivity index (χ3v) is 5.53. The Morgan fingerprint density at radius 3 is 2.78 bits per heavy atom. The van der Waals surface area contributed by atoms with Crippen LogP contribution in [-0.2, 0) is 11.5 Å². The number of hydrogen-bond acceptors (Lipinski definition) is 4. The van der Waals surface area contributed by atoms with E-state index in [1.165, 1.54) is 0 Å². The molecule has 6 heteroatoms. The molecule has 0 fully saturated rings. The summed E-state index contributed by atoms with van der Waals surface area (Å²) in [4.78, 5) is 13.0. The van der Waals surface area contributed by atoms with Crippen LogP contribution in [0.3, 0.4) is 0 Å². The van der Waals surface area contributed by atoms with E-state index < -0.39 is 0 Å². The van der Waals surface area contributed by atoms with E-state index in [4.69, 9.17) is 9.84 Å². The number of nitrogens with zero attached hydrogens (tertiary/aromatic N) is 2. The number of rotatable bonds is 5. The summed E-state index contributed by atoms with van der Waals surface area (Å²) in [5.41, 5.74) is 4.75. The van der Waals surface area contributed by atoms with Gasteiger partial charge in [0, 0.05) is 17.1 Å². The molecule has 5 nitrogen and oxygen atoms in total. The van der Waals surface area contributed by atoms with E-state index in [2.05, 4.69) is 5.32 Å². The molecule has 1 aliphatic heterocycles. The van der Waals surface area contributed by atoms with Gasteiger partial charge in [0.2, 0.25) is 0 Å². The Balaban J connectivity index is 1.74. The van der Waals surface area contributed by atoms with E-state index >= 15 is 0 Å². The minimum atomic E-state index is -0.187. The number of thioether (sulfide) groups is 1. The van der Waals surface area contributed by atoms with E-state index in [9.17, 15) is 4.79 Å². The number of benzene rings is 2. The maximum absolute atomic E-state index is 13.0. The molecule has 3 aromatic rings. The Morgan fingerprint density at radius 1 is 1.19 bits per heavy atom. The number of carbonyl (C=O) groups is 1. The van der Waals surface area contributed by atoms with Crippen LogP contribution < -0.4 is 10.1 Å². The van der Waals surface area contributed by atoms with Crippen molar-refractivity contribution in [2.24, 2.45) is 0 Å². The molecule has 1 aliphatic rings. The van der Waals surface area contributed by atoms with Gasteiger partial charge in [0.25, 0.3) is 5.91 Å². The lowest BCUT2D eigenvalue weighted by molar-refractivity contribution is 0.102. The highest BCUT2D eigenvalue weighted by Crippen LogP contribution is 2.37. The number of carbonyl (C=O) groups excluding carboxylic acids is 1. The third kappa shape index (κ3) is 3.32. The Labute approximate surface area is 162 Å². The number of nitrogens with one attached hydrogen (secondary N) is 1. The number of hydrogen-bond donors (Lipinski definition) is 1. The van der Waals surface area contributed by atoms with E-state index in [0.717, 1.165) is 39.8 Å². The van der Waals surface area contributed by atoms with E-state index in [1.807, 2.05) is 72.8 Å². The molecular formula is C21H21N3O2S. The molecule has 0 saturated heterocycles. The molecule has 2 aromatic carbocycles. The quantitative estimate of drug-likeness (QED) is 0.705. The molecule has 0 spiro atoms. The highest BCUT2D eigenvalue weighted by atomic mass is 32.2. The van der Waals surface area contributed by atoms with Crippen molar-refractivity contribution < 1.29 is 9.53 Å². The molecule has 2 heterocycles. The van der Waals surface area contributed by atoms with Gasteiger partial charge in [-0.3, -0.25) is 4.79 Å². The van der Waals surface area contributed by atoms with Gasteiger partial charge in [0.1, 0.15) is 11.6 Å². The Bertz CT molecular complexity index is 997. The Morgan fingerprint density at radius 2 is 1.96 bits per heavy atom. The summed E-state index contributed by atoms with van der Waals surface area (Å²) in [7, 11) is 0. The van der Waals surface area contributed by atoms with E-state index in [0.29, 0.717) is 17.9 Å². The van der Waals surface area contributed by atoms with Gasteiger partial charge in [-0.1, -0.05) is 30.3 Å². The first-order chi connectivity index (χ1) is 13.2. The van der Waals surface area contributed by atoms with Crippen molar-refractivity contribution >= 4 is 23.5 Å². The van der Waals surface area contributed by atoms with Crippen LogP contribution in [-0.4, -0.2) is 22.3 Å². The van der Waals surface area contributed by atoms with Crippen LogP contribution in [0.2, 0.25) is 0 Å². The highest BCUT2D eigenvalue weighted by molar-refractivity contribution is 7.98. The number of ether oxygens (including phenoxy) is 1. The number of aromatic nitrogens is 2. The van der Waals surface area contributed by atoms with Crippen LogP contribution in [0.1, 0.15) is 34.1 Å². The van der Waals surface area contributed by atoms with Crippen molar-refractivity contribution in [1.29, 1.82) is 0 Å². The zero-order chi connectivity index (χ0) is 18.8. The number of aryl methyl sites for hydroxylation is 1. The Hall–Kier alpha value is -2.73. The lowest BCUT2D eigenvalue weighted by atomic mass is 10.1. The summed E-state index contributed by atoms with van der Waals surface area (Å²) < 4.78 is 7.48. The average molecular weight is 379 g/mol. The predicted molar refractivity (Wildman–Crippen MR) is 109 cm³/mol. The summed E-state index contributed by atoms with van der Waals surface area (Å²) in [6, 6.07) is 15.4. The Kier molecular flexibility index (Phi) is 4.90. The van der Waals surface area contributed by atoms with Crippen LogP contribution in [0, 0.1) is 6.92 Å². The molecule has 0 atom stereocenters. The van der Waals surface area contributed by atoms with Crippen molar-refractivity contribution in [3.63, 3.8) is 0 Å².